The molecule has 16 heavy (non-hydrogen) atoms. The Balaban J connectivity index is 2.50. The molecule has 0 amide bonds. The van der Waals surface area contributed by atoms with E-state index in [9.17, 15) is 4.79 Å². The molecule has 0 atom stereocenters. The van der Waals surface area contributed by atoms with Gasteiger partial charge in [0.05, 0.1) is 17.0 Å². The van der Waals surface area contributed by atoms with Crippen LogP contribution >= 0.6 is 0 Å². The maximum Gasteiger partial charge on any atom is 0.167 e. The van der Waals surface area contributed by atoms with E-state index in [1.54, 1.807) is 0 Å². The third-order valence-electron chi connectivity index (χ3n) is 2.88. The molecule has 1 aliphatic rings. The molecule has 0 saturated carbocycles. The molecule has 0 radical (unpaired) electrons. The standard InChI is InChI=1S/C11H17N3O2/c1-7-10-8(14(13-7)16-6-12)4-11(2,3)5-9(10)15/h4-6,12H2,1-3H3. The average molecular weight is 223 g/mol. The molecule has 1 heterocycles. The number of nitrogens with zero attached hydrogens (tertiary/aromatic N) is 2. The Kier molecular flexibility index (Phi) is 2.50. The van der Waals surface area contributed by atoms with E-state index in [0.717, 1.165) is 17.8 Å². The summed E-state index contributed by atoms with van der Waals surface area (Å²) in [6, 6.07) is 0. The number of Topliss-reactive ketones (excluding diaryl/α,β-unsaturated/α-hetero) is 1. The summed E-state index contributed by atoms with van der Waals surface area (Å²) in [6.45, 7) is 6.03. The van der Waals surface area contributed by atoms with Gasteiger partial charge >= 0.3 is 0 Å². The van der Waals surface area contributed by atoms with Crippen molar-refractivity contribution >= 4 is 5.78 Å². The SMILES string of the molecule is Cc1nn(OCN)c2c1C(=O)CC(C)(C)C2. The fraction of sp³-hybridized carbons (Fsp3) is 0.636. The number of ketones is 1. The Morgan fingerprint density at radius 2 is 2.19 bits per heavy atom. The van der Waals surface area contributed by atoms with E-state index in [4.69, 9.17) is 10.6 Å². The predicted molar refractivity (Wildman–Crippen MR) is 59.0 cm³/mol. The highest BCUT2D eigenvalue weighted by atomic mass is 16.7. The van der Waals surface area contributed by atoms with E-state index in [0.29, 0.717) is 12.0 Å². The van der Waals surface area contributed by atoms with Crippen molar-refractivity contribution < 1.29 is 9.63 Å². The van der Waals surface area contributed by atoms with E-state index < -0.39 is 0 Å². The van der Waals surface area contributed by atoms with Gasteiger partial charge in [0.2, 0.25) is 0 Å². The molecule has 0 aliphatic heterocycles. The van der Waals surface area contributed by atoms with E-state index in [2.05, 4.69) is 18.9 Å². The van der Waals surface area contributed by atoms with E-state index in [1.165, 1.54) is 4.85 Å². The third-order valence-corrected chi connectivity index (χ3v) is 2.88. The zero-order valence-electron chi connectivity index (χ0n) is 9.91. The van der Waals surface area contributed by atoms with E-state index >= 15 is 0 Å². The molecule has 5 heteroatoms. The lowest BCUT2D eigenvalue weighted by Gasteiger charge is -2.28. The van der Waals surface area contributed by atoms with Gasteiger partial charge in [-0.1, -0.05) is 13.8 Å². The second-order valence-corrected chi connectivity index (χ2v) is 5.02. The van der Waals surface area contributed by atoms with Crippen LogP contribution < -0.4 is 10.6 Å². The van der Waals surface area contributed by atoms with Crippen molar-refractivity contribution in [3.63, 3.8) is 0 Å². The van der Waals surface area contributed by atoms with Crippen molar-refractivity contribution in [3.05, 3.63) is 17.0 Å². The van der Waals surface area contributed by atoms with E-state index in [-0.39, 0.29) is 17.9 Å². The molecule has 0 aromatic carbocycles. The van der Waals surface area contributed by atoms with Gasteiger partial charge in [0.15, 0.2) is 12.5 Å². The monoisotopic (exact) mass is 223 g/mol. The normalized spacial score (nSPS) is 18.4. The average Bonchev–Trinajstić information content (AvgIpc) is 2.41. The van der Waals surface area contributed by atoms with Crippen LogP contribution in [0.2, 0.25) is 0 Å². The van der Waals surface area contributed by atoms with Gasteiger partial charge in [-0.05, 0) is 18.8 Å². The largest absolute Gasteiger partial charge is 0.381 e. The molecule has 0 spiro atoms. The van der Waals surface area contributed by atoms with Crippen LogP contribution in [0.15, 0.2) is 0 Å². The third kappa shape index (κ3) is 1.71. The summed E-state index contributed by atoms with van der Waals surface area (Å²) in [5.74, 6) is 0.149. The van der Waals surface area contributed by atoms with Crippen LogP contribution in [0.1, 0.15) is 42.0 Å². The first-order chi connectivity index (χ1) is 7.44. The number of aromatic nitrogens is 2. The highest BCUT2D eigenvalue weighted by molar-refractivity contribution is 5.99. The summed E-state index contributed by atoms with van der Waals surface area (Å²) >= 11 is 0. The topological polar surface area (TPSA) is 70.1 Å². The minimum Gasteiger partial charge on any atom is -0.381 e. The van der Waals surface area contributed by atoms with Crippen molar-refractivity contribution in [1.29, 1.82) is 0 Å². The zero-order chi connectivity index (χ0) is 11.9. The fourth-order valence-corrected chi connectivity index (χ4v) is 2.29. The minimum absolute atomic E-state index is 0.0355. The number of rotatable bonds is 2. The lowest BCUT2D eigenvalue weighted by molar-refractivity contribution is 0.0711. The van der Waals surface area contributed by atoms with Gasteiger partial charge in [0.1, 0.15) is 0 Å². The van der Waals surface area contributed by atoms with Gasteiger partial charge in [0.25, 0.3) is 0 Å². The summed E-state index contributed by atoms with van der Waals surface area (Å²) in [6.07, 6.45) is 1.35. The van der Waals surface area contributed by atoms with Crippen molar-refractivity contribution in [3.8, 4) is 0 Å². The molecule has 5 nitrogen and oxygen atoms in total. The molecular formula is C11H17N3O2. The van der Waals surface area contributed by atoms with Crippen molar-refractivity contribution in [2.45, 2.75) is 33.6 Å². The molecule has 2 rings (SSSR count). The molecule has 0 fully saturated rings. The molecule has 1 aromatic rings. The lowest BCUT2D eigenvalue weighted by atomic mass is 9.76. The Morgan fingerprint density at radius 3 is 2.81 bits per heavy atom. The van der Waals surface area contributed by atoms with Crippen molar-refractivity contribution in [2.75, 3.05) is 6.73 Å². The summed E-state index contributed by atoms with van der Waals surface area (Å²) in [5, 5.41) is 4.19. The minimum atomic E-state index is -0.0355. The predicted octanol–water partition coefficient (Wildman–Crippen LogP) is 0.691. The molecule has 0 bridgehead atoms. The molecule has 2 N–H and O–H groups in total. The second-order valence-electron chi connectivity index (χ2n) is 5.02. The number of hydrogen-bond donors (Lipinski definition) is 1. The second kappa shape index (κ2) is 3.59. The summed E-state index contributed by atoms with van der Waals surface area (Å²) in [5.41, 5.74) is 7.59. The number of fused-ring (bicyclic) bond motifs is 1. The number of carbonyl (C=O) groups is 1. The maximum atomic E-state index is 12.0. The molecule has 1 aromatic heterocycles. The van der Waals surface area contributed by atoms with Crippen LogP contribution in [-0.2, 0) is 6.42 Å². The Hall–Kier alpha value is -1.36. The molecule has 88 valence electrons. The first kappa shape index (κ1) is 11.1. The van der Waals surface area contributed by atoms with Crippen molar-refractivity contribution in [1.82, 2.24) is 9.94 Å². The maximum absolute atomic E-state index is 12.0. The molecule has 1 aliphatic carbocycles. The first-order valence-corrected chi connectivity index (χ1v) is 5.40. The van der Waals surface area contributed by atoms with Gasteiger partial charge in [-0.3, -0.25) is 10.5 Å². The Bertz CT molecular complexity index is 435. The van der Waals surface area contributed by atoms with Gasteiger partial charge in [0, 0.05) is 6.42 Å². The van der Waals surface area contributed by atoms with Gasteiger partial charge in [-0.2, -0.15) is 0 Å². The van der Waals surface area contributed by atoms with Crippen molar-refractivity contribution in [2.24, 2.45) is 11.1 Å². The Morgan fingerprint density at radius 1 is 1.50 bits per heavy atom. The van der Waals surface area contributed by atoms with Crippen LogP contribution in [0, 0.1) is 12.3 Å². The zero-order valence-corrected chi connectivity index (χ0v) is 9.91. The number of hydrogen-bond acceptors (Lipinski definition) is 4. The van der Waals surface area contributed by atoms with Gasteiger partial charge < -0.3 is 4.84 Å². The summed E-state index contributed by atoms with van der Waals surface area (Å²) < 4.78 is 0. The highest BCUT2D eigenvalue weighted by Crippen LogP contribution is 2.35. The highest BCUT2D eigenvalue weighted by Gasteiger charge is 2.36. The van der Waals surface area contributed by atoms with Gasteiger partial charge in [-0.25, -0.2) is 0 Å². The summed E-state index contributed by atoms with van der Waals surface area (Å²) in [7, 11) is 0. The smallest absolute Gasteiger partial charge is 0.167 e. The lowest BCUT2D eigenvalue weighted by Crippen LogP contribution is -2.31. The summed E-state index contributed by atoms with van der Waals surface area (Å²) in [4.78, 5) is 18.6. The molecule has 0 unspecified atom stereocenters. The number of nitrogens with two attached hydrogens (primary N) is 1. The molecular weight excluding hydrogens is 206 g/mol. The number of carbonyl (C=O) groups excluding carboxylic acids is 1. The van der Waals surface area contributed by atoms with Crippen LogP contribution in [-0.4, -0.2) is 22.5 Å². The van der Waals surface area contributed by atoms with Crippen LogP contribution in [0.3, 0.4) is 0 Å². The van der Waals surface area contributed by atoms with Crippen LogP contribution in [0.5, 0.6) is 0 Å². The van der Waals surface area contributed by atoms with Crippen LogP contribution in [0.4, 0.5) is 0 Å². The molecule has 0 saturated heterocycles. The van der Waals surface area contributed by atoms with E-state index in [1.807, 2.05) is 6.92 Å². The Labute approximate surface area is 94.5 Å². The van der Waals surface area contributed by atoms with Crippen LogP contribution in [0.25, 0.3) is 0 Å². The number of aryl methyl sites for hydroxylation is 1. The fourth-order valence-electron chi connectivity index (χ4n) is 2.29. The van der Waals surface area contributed by atoms with Gasteiger partial charge in [-0.15, -0.1) is 9.94 Å². The first-order valence-electron chi connectivity index (χ1n) is 5.40. The quantitative estimate of drug-likeness (QED) is 0.749.